The third-order valence-corrected chi connectivity index (χ3v) is 6.08. The van der Waals surface area contributed by atoms with Crippen LogP contribution in [0.15, 0.2) is 84.0 Å². The van der Waals surface area contributed by atoms with Crippen LogP contribution in [-0.2, 0) is 16.6 Å². The van der Waals surface area contributed by atoms with E-state index in [2.05, 4.69) is 26.5 Å². The Bertz CT molecular complexity index is 1380. The largest absolute Gasteiger partial charge is 0.480 e. The SMILES string of the molecule is COc1ncccc1C#Cc1ccc(S(=O)(=O)NCc2ccnc3ccccc23)cc1. The molecule has 0 saturated carbocycles. The van der Waals surface area contributed by atoms with Crippen molar-refractivity contribution in [2.75, 3.05) is 7.11 Å². The van der Waals surface area contributed by atoms with Crippen LogP contribution in [-0.4, -0.2) is 25.5 Å². The maximum absolute atomic E-state index is 12.7. The predicted octanol–water partition coefficient (Wildman–Crippen LogP) is 3.52. The number of benzene rings is 2. The van der Waals surface area contributed by atoms with Crippen molar-refractivity contribution in [2.24, 2.45) is 0 Å². The fourth-order valence-electron chi connectivity index (χ4n) is 3.07. The summed E-state index contributed by atoms with van der Waals surface area (Å²) in [4.78, 5) is 8.58. The summed E-state index contributed by atoms with van der Waals surface area (Å²) in [5.74, 6) is 6.44. The van der Waals surface area contributed by atoms with Gasteiger partial charge in [-0.25, -0.2) is 18.1 Å². The van der Waals surface area contributed by atoms with Gasteiger partial charge in [0.1, 0.15) is 0 Å². The van der Waals surface area contributed by atoms with Crippen molar-refractivity contribution in [1.82, 2.24) is 14.7 Å². The van der Waals surface area contributed by atoms with E-state index in [1.807, 2.05) is 36.4 Å². The first kappa shape index (κ1) is 20.5. The lowest BCUT2D eigenvalue weighted by atomic mass is 10.1. The zero-order valence-electron chi connectivity index (χ0n) is 16.7. The molecule has 0 amide bonds. The van der Waals surface area contributed by atoms with E-state index in [-0.39, 0.29) is 11.4 Å². The molecule has 154 valence electrons. The van der Waals surface area contributed by atoms with Crippen LogP contribution in [0.5, 0.6) is 5.88 Å². The molecule has 0 bridgehead atoms. The van der Waals surface area contributed by atoms with Crippen molar-refractivity contribution in [3.63, 3.8) is 0 Å². The molecule has 0 unspecified atom stereocenters. The monoisotopic (exact) mass is 429 g/mol. The lowest BCUT2D eigenvalue weighted by Gasteiger charge is -2.09. The van der Waals surface area contributed by atoms with Gasteiger partial charge in [0.05, 0.1) is 23.1 Å². The summed E-state index contributed by atoms with van der Waals surface area (Å²) in [6, 6.07) is 19.5. The minimum absolute atomic E-state index is 0.174. The zero-order chi connectivity index (χ0) is 21.7. The number of methoxy groups -OCH3 is 1. The highest BCUT2D eigenvalue weighted by Crippen LogP contribution is 2.18. The van der Waals surface area contributed by atoms with Crippen LogP contribution in [0, 0.1) is 11.8 Å². The fraction of sp³-hybridized carbons (Fsp3) is 0.0833. The van der Waals surface area contributed by atoms with Crippen molar-refractivity contribution < 1.29 is 13.2 Å². The Morgan fingerprint density at radius 1 is 0.903 bits per heavy atom. The number of nitrogens with zero attached hydrogens (tertiary/aromatic N) is 2. The molecule has 0 spiro atoms. The van der Waals surface area contributed by atoms with Crippen molar-refractivity contribution in [3.8, 4) is 17.7 Å². The van der Waals surface area contributed by atoms with Crippen molar-refractivity contribution in [2.45, 2.75) is 11.4 Å². The van der Waals surface area contributed by atoms with Crippen molar-refractivity contribution >= 4 is 20.9 Å². The second kappa shape index (κ2) is 8.96. The maximum Gasteiger partial charge on any atom is 0.240 e. The summed E-state index contributed by atoms with van der Waals surface area (Å²) in [6.07, 6.45) is 3.31. The summed E-state index contributed by atoms with van der Waals surface area (Å²) in [7, 11) is -2.13. The molecular formula is C24H19N3O3S. The minimum Gasteiger partial charge on any atom is -0.480 e. The first-order valence-corrected chi connectivity index (χ1v) is 11.0. The van der Waals surface area contributed by atoms with E-state index in [0.29, 0.717) is 17.0 Å². The van der Waals surface area contributed by atoms with Gasteiger partial charge in [-0.3, -0.25) is 4.98 Å². The second-order valence-electron chi connectivity index (χ2n) is 6.65. The van der Waals surface area contributed by atoms with Crippen LogP contribution in [0.3, 0.4) is 0 Å². The fourth-order valence-corrected chi connectivity index (χ4v) is 4.08. The van der Waals surface area contributed by atoms with Gasteiger partial charge >= 0.3 is 0 Å². The smallest absolute Gasteiger partial charge is 0.240 e. The molecule has 7 heteroatoms. The van der Waals surface area contributed by atoms with Crippen molar-refractivity contribution in [3.05, 3.63) is 95.8 Å². The van der Waals surface area contributed by atoms with Gasteiger partial charge in [-0.1, -0.05) is 30.0 Å². The van der Waals surface area contributed by atoms with Gasteiger partial charge in [-0.15, -0.1) is 0 Å². The highest BCUT2D eigenvalue weighted by molar-refractivity contribution is 7.89. The minimum atomic E-state index is -3.67. The number of pyridine rings is 2. The molecule has 0 atom stereocenters. The van der Waals surface area contributed by atoms with E-state index in [4.69, 9.17) is 4.74 Å². The Hall–Kier alpha value is -3.73. The number of rotatable bonds is 5. The zero-order valence-corrected chi connectivity index (χ0v) is 17.6. The molecular weight excluding hydrogens is 410 g/mol. The number of aromatic nitrogens is 2. The summed E-state index contributed by atoms with van der Waals surface area (Å²) >= 11 is 0. The van der Waals surface area contributed by atoms with Crippen LogP contribution in [0.1, 0.15) is 16.7 Å². The highest BCUT2D eigenvalue weighted by Gasteiger charge is 2.14. The molecule has 0 aliphatic rings. The standard InChI is InChI=1S/C24H19N3O3S/c1-30-24-19(5-4-15-26-24)11-8-18-9-12-21(13-10-18)31(28,29)27-17-20-14-16-25-23-7-3-2-6-22(20)23/h2-7,9-10,12-16,27H,17H2,1H3. The topological polar surface area (TPSA) is 81.2 Å². The number of hydrogen-bond acceptors (Lipinski definition) is 5. The number of fused-ring (bicyclic) bond motifs is 1. The van der Waals surface area contributed by atoms with E-state index >= 15 is 0 Å². The summed E-state index contributed by atoms with van der Waals surface area (Å²) in [5, 5.41) is 0.921. The summed E-state index contributed by atoms with van der Waals surface area (Å²) in [6.45, 7) is 0.174. The number of hydrogen-bond donors (Lipinski definition) is 1. The Kier molecular flexibility index (Phi) is 5.94. The summed E-state index contributed by atoms with van der Waals surface area (Å²) < 4.78 is 33.3. The average molecular weight is 430 g/mol. The van der Waals surface area contributed by atoms with Gasteiger partial charge in [-0.2, -0.15) is 0 Å². The molecule has 0 saturated heterocycles. The van der Waals surface area contributed by atoms with Crippen LogP contribution in [0.4, 0.5) is 0 Å². The number of nitrogens with one attached hydrogen (secondary N) is 1. The first-order chi connectivity index (χ1) is 15.1. The van der Waals surface area contributed by atoms with Gasteiger partial charge in [0.25, 0.3) is 0 Å². The lowest BCUT2D eigenvalue weighted by molar-refractivity contribution is 0.396. The number of ether oxygens (including phenoxy) is 1. The third-order valence-electron chi connectivity index (χ3n) is 4.66. The van der Waals surface area contributed by atoms with Gasteiger partial charge in [0, 0.05) is 29.9 Å². The maximum atomic E-state index is 12.7. The van der Waals surface area contributed by atoms with Crippen LogP contribution in [0.2, 0.25) is 0 Å². The number of para-hydroxylation sites is 1. The Labute approximate surface area is 181 Å². The van der Waals surface area contributed by atoms with Gasteiger partial charge < -0.3 is 4.74 Å². The third kappa shape index (κ3) is 4.72. The summed E-state index contributed by atoms with van der Waals surface area (Å²) in [5.41, 5.74) is 3.03. The molecule has 0 fully saturated rings. The molecule has 0 radical (unpaired) electrons. The second-order valence-corrected chi connectivity index (χ2v) is 8.41. The Morgan fingerprint density at radius 3 is 2.52 bits per heavy atom. The predicted molar refractivity (Wildman–Crippen MR) is 119 cm³/mol. The normalized spacial score (nSPS) is 11.0. The van der Waals surface area contributed by atoms with Gasteiger partial charge in [0.2, 0.25) is 15.9 Å². The van der Waals surface area contributed by atoms with Crippen LogP contribution in [0.25, 0.3) is 10.9 Å². The molecule has 2 aromatic heterocycles. The lowest BCUT2D eigenvalue weighted by Crippen LogP contribution is -2.23. The van der Waals surface area contributed by atoms with Gasteiger partial charge in [-0.05, 0) is 54.1 Å². The number of sulfonamides is 1. The first-order valence-electron chi connectivity index (χ1n) is 9.50. The molecule has 0 aliphatic heterocycles. The molecule has 31 heavy (non-hydrogen) atoms. The Morgan fingerprint density at radius 2 is 1.71 bits per heavy atom. The molecule has 6 nitrogen and oxygen atoms in total. The molecule has 2 aromatic carbocycles. The molecule has 0 aliphatic carbocycles. The van der Waals surface area contributed by atoms with Crippen LogP contribution >= 0.6 is 0 Å². The van der Waals surface area contributed by atoms with E-state index in [1.54, 1.807) is 30.6 Å². The molecule has 4 rings (SSSR count). The highest BCUT2D eigenvalue weighted by atomic mass is 32.2. The van der Waals surface area contributed by atoms with Crippen LogP contribution < -0.4 is 9.46 Å². The van der Waals surface area contributed by atoms with E-state index < -0.39 is 10.0 Å². The van der Waals surface area contributed by atoms with E-state index in [0.717, 1.165) is 16.5 Å². The molecule has 2 heterocycles. The van der Waals surface area contributed by atoms with Gasteiger partial charge in [0.15, 0.2) is 0 Å². The molecule has 1 N–H and O–H groups in total. The Balaban J connectivity index is 1.50. The van der Waals surface area contributed by atoms with E-state index in [1.165, 1.54) is 19.2 Å². The average Bonchev–Trinajstić information content (AvgIpc) is 2.82. The molecule has 4 aromatic rings. The van der Waals surface area contributed by atoms with E-state index in [9.17, 15) is 8.42 Å². The van der Waals surface area contributed by atoms with Crippen molar-refractivity contribution in [1.29, 1.82) is 0 Å². The quantitative estimate of drug-likeness (QED) is 0.491.